The van der Waals surface area contributed by atoms with E-state index in [0.29, 0.717) is 12.8 Å². The minimum absolute atomic E-state index is 0.202. The number of hydrogen-bond donors (Lipinski definition) is 5. The monoisotopic (exact) mass is 608 g/mol. The van der Waals surface area contributed by atoms with E-state index >= 15 is 0 Å². The fraction of sp³-hybridized carbons (Fsp3) is 0.909. The zero-order chi connectivity index (χ0) is 30.5. The van der Waals surface area contributed by atoms with Crippen LogP contribution in [-0.4, -0.2) is 74.9 Å². The Morgan fingerprint density at radius 2 is 1.50 bits per heavy atom. The minimum Gasteiger partial charge on any atom is -0.350 e. The van der Waals surface area contributed by atoms with Gasteiger partial charge in [-0.15, -0.1) is 0 Å². The molecular weight excluding hydrogens is 562 g/mol. The minimum atomic E-state index is -5.23. The summed E-state index contributed by atoms with van der Waals surface area (Å²) in [5.41, 5.74) is -3.70. The molecule has 3 atom stereocenters. The van der Waals surface area contributed by atoms with Crippen LogP contribution < -0.4 is 5.32 Å². The highest BCUT2D eigenvalue weighted by Gasteiger charge is 2.52. The summed E-state index contributed by atoms with van der Waals surface area (Å²) < 4.78 is 59.4. The van der Waals surface area contributed by atoms with Crippen molar-refractivity contribution in [1.82, 2.24) is 10.2 Å². The second-order valence-corrected chi connectivity index (χ2v) is 16.3. The van der Waals surface area contributed by atoms with Crippen LogP contribution in [-0.2, 0) is 33.1 Å². The van der Waals surface area contributed by atoms with Crippen molar-refractivity contribution in [2.45, 2.75) is 80.7 Å². The van der Waals surface area contributed by atoms with Crippen LogP contribution in [0.1, 0.15) is 75.2 Å². The molecule has 0 bridgehead atoms. The fourth-order valence-electron chi connectivity index (χ4n) is 4.35. The van der Waals surface area contributed by atoms with Gasteiger partial charge in [0.15, 0.2) is 0 Å². The molecule has 16 heteroatoms. The molecule has 0 aliphatic rings. The zero-order valence-electron chi connectivity index (χ0n) is 23.8. The van der Waals surface area contributed by atoms with Crippen LogP contribution in [0.15, 0.2) is 0 Å². The van der Waals surface area contributed by atoms with Gasteiger partial charge >= 0.3 is 15.4 Å². The topological polar surface area (TPSA) is 208 Å². The number of hydrogen-bond acceptors (Lipinski definition) is 7. The maximum atomic E-state index is 13.8. The predicted molar refractivity (Wildman–Crippen MR) is 144 cm³/mol. The van der Waals surface area contributed by atoms with Crippen molar-refractivity contribution in [2.75, 3.05) is 25.0 Å². The number of amides is 2. The zero-order valence-corrected chi connectivity index (χ0v) is 26.4. The van der Waals surface area contributed by atoms with E-state index in [1.54, 1.807) is 41.5 Å². The van der Waals surface area contributed by atoms with Crippen molar-refractivity contribution in [3.05, 3.63) is 0 Å². The summed E-state index contributed by atoms with van der Waals surface area (Å²) in [5, 5.41) is 2.69. The van der Waals surface area contributed by atoms with Crippen LogP contribution in [0.4, 0.5) is 0 Å². The van der Waals surface area contributed by atoms with E-state index in [1.807, 2.05) is 6.92 Å². The first-order valence-corrected chi connectivity index (χ1v) is 17.3. The lowest BCUT2D eigenvalue weighted by Gasteiger charge is -2.47. The summed E-state index contributed by atoms with van der Waals surface area (Å²) in [6.45, 7) is 15.0. The highest BCUT2D eigenvalue weighted by molar-refractivity contribution is 7.85. The highest BCUT2D eigenvalue weighted by atomic mass is 32.2. The molecule has 0 aliphatic heterocycles. The second-order valence-electron chi connectivity index (χ2n) is 11.5. The summed E-state index contributed by atoms with van der Waals surface area (Å²) in [7, 11) is -14.3. The predicted octanol–water partition coefficient (Wildman–Crippen LogP) is 3.02. The van der Waals surface area contributed by atoms with Crippen molar-refractivity contribution in [2.24, 2.45) is 22.7 Å². The largest absolute Gasteiger partial charge is 0.476 e. The Bertz CT molecular complexity index is 1040. The van der Waals surface area contributed by atoms with Crippen molar-refractivity contribution in [3.63, 3.8) is 0 Å². The number of nitrogens with one attached hydrogen (secondary N) is 1. The third-order valence-corrected chi connectivity index (χ3v) is 10.9. The van der Waals surface area contributed by atoms with Crippen LogP contribution in [0.5, 0.6) is 0 Å². The number of unbranched alkanes of at least 4 members (excludes halogenated alkanes) is 1. The normalized spacial score (nSPS) is 17.4. The van der Waals surface area contributed by atoms with Gasteiger partial charge in [0.25, 0.3) is 10.1 Å². The average Bonchev–Trinajstić information content (AvgIpc) is 2.67. The summed E-state index contributed by atoms with van der Waals surface area (Å²) in [4.78, 5) is 56.4. The lowest BCUT2D eigenvalue weighted by Crippen LogP contribution is -2.59. The Morgan fingerprint density at radius 1 is 1.00 bits per heavy atom. The molecular formula is C22H46N2O11P2S. The molecule has 0 rings (SSSR count). The number of carbonyl (C=O) groups excluding carboxylic acids is 2. The van der Waals surface area contributed by atoms with Gasteiger partial charge < -0.3 is 24.9 Å². The van der Waals surface area contributed by atoms with E-state index in [-0.39, 0.29) is 19.0 Å². The quantitative estimate of drug-likeness (QED) is 0.127. The van der Waals surface area contributed by atoms with E-state index in [4.69, 9.17) is 9.79 Å². The molecule has 2 amide bonds. The van der Waals surface area contributed by atoms with E-state index in [1.165, 1.54) is 18.7 Å². The summed E-state index contributed by atoms with van der Waals surface area (Å²) in [6, 6.07) is 0. The van der Waals surface area contributed by atoms with Crippen molar-refractivity contribution < 1.29 is 50.7 Å². The summed E-state index contributed by atoms with van der Waals surface area (Å²) >= 11 is 0. The second kappa shape index (κ2) is 13.2. The molecule has 13 nitrogen and oxygen atoms in total. The Balaban J connectivity index is 6.17. The number of rotatable bonds is 16. The van der Waals surface area contributed by atoms with E-state index in [9.17, 15) is 36.6 Å². The molecule has 0 aliphatic carbocycles. The molecule has 0 aromatic rings. The van der Waals surface area contributed by atoms with Gasteiger partial charge in [0.1, 0.15) is 0 Å². The first-order chi connectivity index (χ1) is 16.7. The van der Waals surface area contributed by atoms with Gasteiger partial charge in [0.05, 0.1) is 22.9 Å². The average molecular weight is 609 g/mol. The molecule has 0 radical (unpaired) electrons. The Labute approximate surface area is 226 Å². The maximum absolute atomic E-state index is 13.8. The number of carbonyl (C=O) groups is 2. The standard InChI is InChI=1S/C22H46N2O11P2S/c1-10-11-12-24(13-14-36(27,28)35-37(29,30)31)19(26)21(7,8)17(4)22(9,16(2)3)18(25)23-20(5,6)15-38(32,33)34/h16-17H,10-15H2,1-9H3,(H,23,25)(H,27,28)(H2,29,30,31)(H,32,33,34). The lowest BCUT2D eigenvalue weighted by atomic mass is 9.59. The van der Waals surface area contributed by atoms with Crippen LogP contribution in [0, 0.1) is 22.7 Å². The Kier molecular flexibility index (Phi) is 12.9. The number of nitrogens with zero attached hydrogens (tertiary/aromatic N) is 1. The molecule has 0 fully saturated rings. The molecule has 0 aromatic carbocycles. The van der Waals surface area contributed by atoms with Crippen molar-refractivity contribution in [3.8, 4) is 0 Å². The first kappa shape index (κ1) is 37.1. The smallest absolute Gasteiger partial charge is 0.350 e. The van der Waals surface area contributed by atoms with Gasteiger partial charge in [0, 0.05) is 18.5 Å². The van der Waals surface area contributed by atoms with Gasteiger partial charge in [-0.3, -0.25) is 18.7 Å². The Hall–Kier alpha value is -0.850. The van der Waals surface area contributed by atoms with Crippen LogP contribution >= 0.6 is 15.4 Å². The third-order valence-electron chi connectivity index (χ3n) is 7.17. The lowest BCUT2D eigenvalue weighted by molar-refractivity contribution is -0.152. The van der Waals surface area contributed by atoms with E-state index < -0.39 is 71.6 Å². The van der Waals surface area contributed by atoms with Gasteiger partial charge in [0.2, 0.25) is 11.8 Å². The van der Waals surface area contributed by atoms with E-state index in [0.717, 1.165) is 0 Å². The van der Waals surface area contributed by atoms with E-state index in [2.05, 4.69) is 9.63 Å². The Morgan fingerprint density at radius 3 is 1.89 bits per heavy atom. The van der Waals surface area contributed by atoms with Crippen molar-refractivity contribution >= 4 is 37.4 Å². The summed E-state index contributed by atoms with van der Waals surface area (Å²) in [5.74, 6) is -2.61. The SMILES string of the molecule is CCCCN(CCP(=O)(O)OP(=O)(O)O)C(=O)C(C)(C)C(C)C(C)(C(=O)NC(C)(C)CS(=O)(=O)O)C(C)C. The third kappa shape index (κ3) is 11.3. The van der Waals surface area contributed by atoms with Gasteiger partial charge in [-0.05, 0) is 32.1 Å². The number of phosphoric acid groups is 1. The molecule has 0 spiro atoms. The van der Waals surface area contributed by atoms with Crippen LogP contribution in [0.3, 0.4) is 0 Å². The molecule has 226 valence electrons. The van der Waals surface area contributed by atoms with Gasteiger partial charge in [-0.25, -0.2) is 8.88 Å². The van der Waals surface area contributed by atoms with Crippen LogP contribution in [0.25, 0.3) is 0 Å². The molecule has 0 aromatic heterocycles. The molecule has 0 heterocycles. The summed E-state index contributed by atoms with van der Waals surface area (Å²) in [6.07, 6.45) is 0.547. The fourth-order valence-corrected chi connectivity index (χ4v) is 7.49. The maximum Gasteiger partial charge on any atom is 0.476 e. The molecule has 38 heavy (non-hydrogen) atoms. The van der Waals surface area contributed by atoms with Gasteiger partial charge in [-0.2, -0.15) is 8.42 Å². The van der Waals surface area contributed by atoms with Crippen molar-refractivity contribution in [1.29, 1.82) is 0 Å². The first-order valence-electron chi connectivity index (χ1n) is 12.4. The molecule has 0 saturated carbocycles. The molecule has 0 saturated heterocycles. The van der Waals surface area contributed by atoms with Crippen LogP contribution in [0.2, 0.25) is 0 Å². The molecule has 3 unspecified atom stereocenters. The highest BCUT2D eigenvalue weighted by Crippen LogP contribution is 2.56. The van der Waals surface area contributed by atoms with Gasteiger partial charge in [-0.1, -0.05) is 54.9 Å². The molecule has 5 N–H and O–H groups in total.